The molecule has 0 saturated carbocycles. The fraction of sp³-hybridized carbons (Fsp3) is 0.714. The number of hydrogen-bond donors (Lipinski definition) is 2. The van der Waals surface area contributed by atoms with E-state index in [0.717, 1.165) is 38.2 Å². The van der Waals surface area contributed by atoms with E-state index in [1.165, 1.54) is 5.56 Å². The van der Waals surface area contributed by atoms with Crippen LogP contribution >= 0.6 is 11.3 Å². The van der Waals surface area contributed by atoms with Crippen LogP contribution in [0.3, 0.4) is 0 Å². The van der Waals surface area contributed by atoms with Crippen molar-refractivity contribution in [1.29, 1.82) is 0 Å². The zero-order valence-electron chi connectivity index (χ0n) is 17.7. The van der Waals surface area contributed by atoms with Gasteiger partial charge in [-0.05, 0) is 74.8 Å². The predicted molar refractivity (Wildman–Crippen MR) is 115 cm³/mol. The minimum Gasteiger partial charge on any atom is -0.444 e. The molecule has 0 aliphatic carbocycles. The zero-order valence-corrected chi connectivity index (χ0v) is 18.5. The van der Waals surface area contributed by atoms with E-state index in [2.05, 4.69) is 39.4 Å². The van der Waals surface area contributed by atoms with Crippen LogP contribution in [-0.4, -0.2) is 54.3 Å². The van der Waals surface area contributed by atoms with E-state index in [1.54, 1.807) is 11.3 Å². The molecule has 0 spiro atoms. The van der Waals surface area contributed by atoms with Crippen LogP contribution in [0.1, 0.15) is 64.9 Å². The molecule has 3 atom stereocenters. The van der Waals surface area contributed by atoms with E-state index in [4.69, 9.17) is 4.74 Å². The molecule has 1 aromatic rings. The number of carbonyl (C=O) groups is 1. The molecule has 2 N–H and O–H groups in total. The second-order valence-electron chi connectivity index (χ2n) is 9.00. The third-order valence-corrected chi connectivity index (χ3v) is 6.29. The molecule has 7 heteroatoms. The van der Waals surface area contributed by atoms with E-state index >= 15 is 0 Å². The van der Waals surface area contributed by atoms with E-state index in [1.807, 2.05) is 32.7 Å². The lowest BCUT2D eigenvalue weighted by atomic mass is 9.98. The van der Waals surface area contributed by atoms with Crippen LogP contribution in [0.25, 0.3) is 0 Å². The molecule has 0 aromatic carbocycles. The van der Waals surface area contributed by atoms with E-state index in [0.29, 0.717) is 12.0 Å². The number of thiophene rings is 1. The maximum atomic E-state index is 12.6. The first-order valence-electron chi connectivity index (χ1n) is 10.3. The highest BCUT2D eigenvalue weighted by Gasteiger charge is 2.45. The third-order valence-electron chi connectivity index (χ3n) is 5.59. The Morgan fingerprint density at radius 3 is 2.57 bits per heavy atom. The molecule has 0 radical (unpaired) electrons. The topological polar surface area (TPSA) is 66.0 Å². The SMILES string of the molecule is CN=C(NCC(C)c1ccsc1)NC1CC2CCC(C1)N2C(=O)OC(C)(C)C. The number of nitrogens with zero attached hydrogens (tertiary/aromatic N) is 2. The van der Waals surface area contributed by atoms with Gasteiger partial charge < -0.3 is 20.3 Å². The molecule has 3 rings (SSSR count). The van der Waals surface area contributed by atoms with Crippen molar-refractivity contribution in [3.05, 3.63) is 22.4 Å². The smallest absolute Gasteiger partial charge is 0.410 e. The summed E-state index contributed by atoms with van der Waals surface area (Å²) in [5, 5.41) is 11.4. The molecule has 1 amide bonds. The second kappa shape index (κ2) is 8.72. The van der Waals surface area contributed by atoms with E-state index in [9.17, 15) is 4.79 Å². The predicted octanol–water partition coefficient (Wildman–Crippen LogP) is 3.95. The number of fused-ring (bicyclic) bond motifs is 2. The Morgan fingerprint density at radius 2 is 2.04 bits per heavy atom. The number of nitrogens with one attached hydrogen (secondary N) is 2. The van der Waals surface area contributed by atoms with Crippen molar-refractivity contribution in [3.8, 4) is 0 Å². The van der Waals surface area contributed by atoms with Crippen molar-refractivity contribution in [2.24, 2.45) is 4.99 Å². The van der Waals surface area contributed by atoms with Crippen molar-refractivity contribution in [1.82, 2.24) is 15.5 Å². The average Bonchev–Trinajstić information content (AvgIpc) is 3.24. The van der Waals surface area contributed by atoms with Gasteiger partial charge in [-0.15, -0.1) is 0 Å². The number of carbonyl (C=O) groups excluding carboxylic acids is 1. The Balaban J connectivity index is 1.51. The fourth-order valence-electron chi connectivity index (χ4n) is 4.22. The molecule has 156 valence electrons. The number of ether oxygens (including phenoxy) is 1. The van der Waals surface area contributed by atoms with Gasteiger partial charge in [0.05, 0.1) is 0 Å². The number of amides is 1. The van der Waals surface area contributed by atoms with Gasteiger partial charge >= 0.3 is 6.09 Å². The van der Waals surface area contributed by atoms with Crippen LogP contribution in [0.2, 0.25) is 0 Å². The minimum atomic E-state index is -0.448. The maximum Gasteiger partial charge on any atom is 0.410 e. The second-order valence-corrected chi connectivity index (χ2v) is 9.78. The number of rotatable bonds is 4. The molecule has 3 unspecified atom stereocenters. The number of piperidine rings is 1. The van der Waals surface area contributed by atoms with Crippen LogP contribution in [0, 0.1) is 0 Å². The summed E-state index contributed by atoms with van der Waals surface area (Å²) in [7, 11) is 1.81. The van der Waals surface area contributed by atoms with Gasteiger partial charge in [-0.25, -0.2) is 4.79 Å². The summed E-state index contributed by atoms with van der Waals surface area (Å²) < 4.78 is 5.63. The molecule has 2 fully saturated rings. The van der Waals surface area contributed by atoms with Gasteiger partial charge in [-0.3, -0.25) is 4.99 Å². The molecule has 6 nitrogen and oxygen atoms in total. The quantitative estimate of drug-likeness (QED) is 0.587. The number of hydrogen-bond acceptors (Lipinski definition) is 4. The largest absolute Gasteiger partial charge is 0.444 e. The van der Waals surface area contributed by atoms with E-state index in [-0.39, 0.29) is 18.2 Å². The summed E-state index contributed by atoms with van der Waals surface area (Å²) in [6.07, 6.45) is 3.84. The van der Waals surface area contributed by atoms with Gasteiger partial charge in [0.15, 0.2) is 5.96 Å². The molecule has 2 saturated heterocycles. The summed E-state index contributed by atoms with van der Waals surface area (Å²) in [5.74, 6) is 1.28. The summed E-state index contributed by atoms with van der Waals surface area (Å²) in [5.41, 5.74) is 0.910. The first-order valence-corrected chi connectivity index (χ1v) is 11.2. The lowest BCUT2D eigenvalue weighted by Gasteiger charge is -2.40. The molecule has 1 aromatic heterocycles. The molecule has 2 aliphatic rings. The Labute approximate surface area is 172 Å². The van der Waals surface area contributed by atoms with Gasteiger partial charge in [0.1, 0.15) is 5.60 Å². The van der Waals surface area contributed by atoms with Crippen molar-refractivity contribution in [2.45, 2.75) is 83.0 Å². The fourth-order valence-corrected chi connectivity index (χ4v) is 5.00. The Morgan fingerprint density at radius 1 is 1.36 bits per heavy atom. The highest BCUT2D eigenvalue weighted by molar-refractivity contribution is 7.07. The summed E-state index contributed by atoms with van der Waals surface area (Å²) in [6.45, 7) is 8.84. The Hall–Kier alpha value is -1.76. The summed E-state index contributed by atoms with van der Waals surface area (Å²) in [4.78, 5) is 19.0. The highest BCUT2D eigenvalue weighted by atomic mass is 32.1. The maximum absolute atomic E-state index is 12.6. The average molecular weight is 407 g/mol. The molecular formula is C21H34N4O2S. The van der Waals surface area contributed by atoms with Crippen LogP contribution in [0.15, 0.2) is 21.8 Å². The number of aliphatic imine (C=N–C) groups is 1. The molecule has 2 bridgehead atoms. The lowest BCUT2D eigenvalue weighted by Crippen LogP contribution is -2.55. The summed E-state index contributed by atoms with van der Waals surface area (Å²) in [6, 6.07) is 3.03. The molecule has 28 heavy (non-hydrogen) atoms. The van der Waals surface area contributed by atoms with E-state index < -0.39 is 5.60 Å². The monoisotopic (exact) mass is 406 g/mol. The zero-order chi connectivity index (χ0) is 20.3. The number of guanidine groups is 1. The highest BCUT2D eigenvalue weighted by Crippen LogP contribution is 2.36. The van der Waals surface area contributed by atoms with Crippen molar-refractivity contribution in [2.75, 3.05) is 13.6 Å². The minimum absolute atomic E-state index is 0.162. The van der Waals surface area contributed by atoms with Crippen LogP contribution in [0.4, 0.5) is 4.79 Å². The van der Waals surface area contributed by atoms with Gasteiger partial charge in [-0.1, -0.05) is 6.92 Å². The Bertz CT molecular complexity index is 669. The standard InChI is InChI=1S/C21H34N4O2S/c1-14(15-8-9-28-13-15)12-23-19(22-5)24-16-10-17-6-7-18(11-16)25(17)20(26)27-21(2,3)4/h8-9,13-14,16-18H,6-7,10-12H2,1-5H3,(H2,22,23,24). The van der Waals surface area contributed by atoms with Gasteiger partial charge in [0.2, 0.25) is 0 Å². The molecule has 3 heterocycles. The van der Waals surface area contributed by atoms with Crippen molar-refractivity contribution >= 4 is 23.4 Å². The normalized spacial score (nSPS) is 26.1. The molecular weight excluding hydrogens is 372 g/mol. The van der Waals surface area contributed by atoms with Crippen LogP contribution in [0.5, 0.6) is 0 Å². The van der Waals surface area contributed by atoms with Crippen LogP contribution < -0.4 is 10.6 Å². The Kier molecular flexibility index (Phi) is 6.53. The third kappa shape index (κ3) is 5.19. The van der Waals surface area contributed by atoms with Crippen molar-refractivity contribution in [3.63, 3.8) is 0 Å². The summed E-state index contributed by atoms with van der Waals surface area (Å²) >= 11 is 1.73. The van der Waals surface area contributed by atoms with Gasteiger partial charge in [-0.2, -0.15) is 11.3 Å². The lowest BCUT2D eigenvalue weighted by molar-refractivity contribution is 0.00545. The first-order chi connectivity index (χ1) is 13.3. The van der Waals surface area contributed by atoms with Crippen LogP contribution in [-0.2, 0) is 4.74 Å². The first kappa shape index (κ1) is 21.0. The van der Waals surface area contributed by atoms with Crippen molar-refractivity contribution < 1.29 is 9.53 Å². The molecule has 2 aliphatic heterocycles. The van der Waals surface area contributed by atoms with Gasteiger partial charge in [0, 0.05) is 31.7 Å². The van der Waals surface area contributed by atoms with Gasteiger partial charge in [0.25, 0.3) is 0 Å².